The summed E-state index contributed by atoms with van der Waals surface area (Å²) in [4.78, 5) is 32.1. The molecule has 33 heavy (non-hydrogen) atoms. The van der Waals surface area contributed by atoms with Crippen LogP contribution in [0.5, 0.6) is 5.88 Å². The molecule has 0 saturated heterocycles. The predicted molar refractivity (Wildman–Crippen MR) is 128 cm³/mol. The zero-order valence-corrected chi connectivity index (χ0v) is 19.4. The van der Waals surface area contributed by atoms with Gasteiger partial charge in [0.2, 0.25) is 5.88 Å². The molecule has 3 heterocycles. The Bertz CT molecular complexity index is 1460. The molecule has 0 unspecified atom stereocenters. The normalized spacial score (nSPS) is 16.1. The molecule has 0 saturated carbocycles. The quantitative estimate of drug-likeness (QED) is 0.422. The molecule has 1 aromatic carbocycles. The van der Waals surface area contributed by atoms with Crippen molar-refractivity contribution in [2.24, 2.45) is 16.1 Å². The first kappa shape index (κ1) is 21.5. The number of benzene rings is 1. The average molecular weight is 464 g/mol. The lowest BCUT2D eigenvalue weighted by atomic mass is 9.89. The Kier molecular flexibility index (Phi) is 5.57. The number of thiophene rings is 1. The van der Waals surface area contributed by atoms with Crippen molar-refractivity contribution in [3.8, 4) is 5.88 Å². The first-order valence-corrected chi connectivity index (χ1v) is 12.0. The van der Waals surface area contributed by atoms with Crippen LogP contribution in [0, 0.1) is 5.92 Å². The first-order chi connectivity index (χ1) is 16.0. The van der Waals surface area contributed by atoms with Crippen molar-refractivity contribution < 1.29 is 9.90 Å². The highest BCUT2D eigenvalue weighted by molar-refractivity contribution is 7.18. The topological polar surface area (TPSA) is 102 Å². The second-order valence-corrected chi connectivity index (χ2v) is 9.73. The molecule has 1 aliphatic carbocycles. The molecule has 1 atom stereocenters. The summed E-state index contributed by atoms with van der Waals surface area (Å²) in [7, 11) is 0. The molecule has 0 bridgehead atoms. The fraction of sp³-hybridized carbons (Fsp3) is 0.375. The highest BCUT2D eigenvalue weighted by Crippen LogP contribution is 2.39. The molecule has 5 rings (SSSR count). The van der Waals surface area contributed by atoms with Gasteiger partial charge in [0.1, 0.15) is 11.4 Å². The number of carbonyl (C=O) groups is 1. The van der Waals surface area contributed by atoms with Crippen molar-refractivity contribution in [3.05, 3.63) is 51.4 Å². The molecule has 0 aliphatic heterocycles. The molecule has 0 spiro atoms. The lowest BCUT2D eigenvalue weighted by Crippen LogP contribution is -2.24. The minimum absolute atomic E-state index is 0.0195. The molecule has 8 nitrogen and oxygen atoms in total. The molecular weight excluding hydrogens is 438 g/mol. The van der Waals surface area contributed by atoms with Gasteiger partial charge in [0.15, 0.2) is 5.69 Å². The molecule has 4 aromatic rings. The Hall–Kier alpha value is -3.33. The number of aromatic nitrogens is 3. The Morgan fingerprint density at radius 2 is 2.15 bits per heavy atom. The number of aromatic hydroxyl groups is 1. The van der Waals surface area contributed by atoms with E-state index in [9.17, 15) is 14.7 Å². The Morgan fingerprint density at radius 3 is 2.97 bits per heavy atom. The Balaban J connectivity index is 1.44. The van der Waals surface area contributed by atoms with E-state index in [1.165, 1.54) is 15.8 Å². The number of rotatable bonds is 5. The van der Waals surface area contributed by atoms with Gasteiger partial charge >= 0.3 is 0 Å². The largest absolute Gasteiger partial charge is 0.493 e. The van der Waals surface area contributed by atoms with E-state index in [1.807, 2.05) is 31.2 Å². The van der Waals surface area contributed by atoms with E-state index in [4.69, 9.17) is 0 Å². The lowest BCUT2D eigenvalue weighted by Gasteiger charge is -2.17. The molecule has 0 radical (unpaired) electrons. The monoisotopic (exact) mass is 463 g/mol. The van der Waals surface area contributed by atoms with Gasteiger partial charge in [0.05, 0.1) is 17.2 Å². The summed E-state index contributed by atoms with van der Waals surface area (Å²) in [5.74, 6) is 0.00569. The van der Waals surface area contributed by atoms with Gasteiger partial charge < -0.3 is 9.67 Å². The summed E-state index contributed by atoms with van der Waals surface area (Å²) >= 11 is 1.58. The average Bonchev–Trinajstić information content (AvgIpc) is 3.30. The Labute approximate surface area is 194 Å². The van der Waals surface area contributed by atoms with Crippen molar-refractivity contribution >= 4 is 44.1 Å². The van der Waals surface area contributed by atoms with Crippen LogP contribution in [-0.4, -0.2) is 25.1 Å². The van der Waals surface area contributed by atoms with Crippen LogP contribution in [0.3, 0.4) is 0 Å². The van der Waals surface area contributed by atoms with Crippen LogP contribution in [0.4, 0.5) is 5.69 Å². The van der Waals surface area contributed by atoms with Crippen LogP contribution in [0.2, 0.25) is 0 Å². The second-order valence-electron chi connectivity index (χ2n) is 8.64. The summed E-state index contributed by atoms with van der Waals surface area (Å²) in [6, 6.07) is 7.47. The zero-order valence-electron chi connectivity index (χ0n) is 18.6. The fourth-order valence-electron chi connectivity index (χ4n) is 4.58. The number of hydrogen-bond donors (Lipinski definition) is 1. The number of amides is 1. The van der Waals surface area contributed by atoms with Crippen LogP contribution >= 0.6 is 11.3 Å². The number of nitrogens with zero attached hydrogens (tertiary/aromatic N) is 5. The third-order valence-corrected chi connectivity index (χ3v) is 7.38. The molecular formula is C24H25N5O3S. The van der Waals surface area contributed by atoms with Gasteiger partial charge in [-0.2, -0.15) is 0 Å². The molecule has 170 valence electrons. The van der Waals surface area contributed by atoms with E-state index in [-0.39, 0.29) is 23.7 Å². The number of fused-ring (bicyclic) bond motifs is 4. The van der Waals surface area contributed by atoms with Gasteiger partial charge in [-0.25, -0.2) is 4.98 Å². The number of para-hydroxylation sites is 1. The van der Waals surface area contributed by atoms with Gasteiger partial charge in [-0.1, -0.05) is 32.0 Å². The maximum Gasteiger partial charge on any atom is 0.284 e. The second kappa shape index (κ2) is 8.55. The fourth-order valence-corrected chi connectivity index (χ4v) is 5.92. The maximum atomic E-state index is 13.1. The standard InChI is InChI=1S/C24H25N5O3S/c1-3-10-29-17-7-5-4-6-15(17)21(24(29)32)27-26-19(30)12-28-13-25-22-20(23(28)31)16-9-8-14(2)11-18(16)33-22/h4-7,13-14,32H,3,8-12H2,1-2H3/t14-/m1/s1. The lowest BCUT2D eigenvalue weighted by molar-refractivity contribution is -0.118. The zero-order chi connectivity index (χ0) is 23.1. The van der Waals surface area contributed by atoms with E-state index in [0.29, 0.717) is 17.8 Å². The van der Waals surface area contributed by atoms with Crippen molar-refractivity contribution in [2.75, 3.05) is 0 Å². The van der Waals surface area contributed by atoms with Gasteiger partial charge in [-0.05, 0) is 43.2 Å². The van der Waals surface area contributed by atoms with E-state index < -0.39 is 5.91 Å². The third-order valence-electron chi connectivity index (χ3n) is 6.21. The maximum absolute atomic E-state index is 13.1. The van der Waals surface area contributed by atoms with Crippen LogP contribution < -0.4 is 5.56 Å². The van der Waals surface area contributed by atoms with Crippen molar-refractivity contribution in [1.82, 2.24) is 14.1 Å². The van der Waals surface area contributed by atoms with E-state index in [2.05, 4.69) is 22.1 Å². The van der Waals surface area contributed by atoms with Crippen molar-refractivity contribution in [3.63, 3.8) is 0 Å². The van der Waals surface area contributed by atoms with Gasteiger partial charge in [-0.3, -0.25) is 14.2 Å². The summed E-state index contributed by atoms with van der Waals surface area (Å²) in [5.41, 5.74) is 1.97. The van der Waals surface area contributed by atoms with E-state index >= 15 is 0 Å². The van der Waals surface area contributed by atoms with E-state index in [0.717, 1.165) is 47.0 Å². The predicted octanol–water partition coefficient (Wildman–Crippen LogP) is 4.96. The minimum atomic E-state index is -0.581. The van der Waals surface area contributed by atoms with Gasteiger partial charge in [-0.15, -0.1) is 21.6 Å². The smallest absolute Gasteiger partial charge is 0.284 e. The number of hydrogen-bond acceptors (Lipinski definition) is 6. The van der Waals surface area contributed by atoms with Crippen molar-refractivity contribution in [1.29, 1.82) is 0 Å². The summed E-state index contributed by atoms with van der Waals surface area (Å²) in [6.07, 6.45) is 5.14. The number of aryl methyl sites for hydroxylation is 2. The van der Waals surface area contributed by atoms with E-state index in [1.54, 1.807) is 15.9 Å². The summed E-state index contributed by atoms with van der Waals surface area (Å²) in [5, 5.41) is 19.9. The number of azo groups is 1. The molecule has 1 N–H and O–H groups in total. The minimum Gasteiger partial charge on any atom is -0.493 e. The highest BCUT2D eigenvalue weighted by Gasteiger charge is 2.23. The third kappa shape index (κ3) is 3.76. The van der Waals surface area contributed by atoms with Crippen LogP contribution in [0.15, 0.2) is 45.6 Å². The first-order valence-electron chi connectivity index (χ1n) is 11.2. The molecule has 9 heteroatoms. The van der Waals surface area contributed by atoms with Gasteiger partial charge in [0, 0.05) is 16.8 Å². The molecule has 3 aromatic heterocycles. The summed E-state index contributed by atoms with van der Waals surface area (Å²) < 4.78 is 3.06. The number of carbonyl (C=O) groups excluding carboxylic acids is 1. The van der Waals surface area contributed by atoms with Crippen LogP contribution in [-0.2, 0) is 30.7 Å². The van der Waals surface area contributed by atoms with Crippen LogP contribution in [0.25, 0.3) is 21.1 Å². The molecule has 1 amide bonds. The summed E-state index contributed by atoms with van der Waals surface area (Å²) in [6.45, 7) is 4.62. The van der Waals surface area contributed by atoms with Crippen LogP contribution in [0.1, 0.15) is 37.1 Å². The van der Waals surface area contributed by atoms with Crippen molar-refractivity contribution in [2.45, 2.75) is 52.6 Å². The SMILES string of the molecule is CCCn1c(O)c(N=NC(=O)Cn2cnc3sc4c(c3c2=O)CC[C@@H](C)C4)c2ccccc21. The molecule has 0 fully saturated rings. The highest BCUT2D eigenvalue weighted by atomic mass is 32.1. The molecule has 1 aliphatic rings. The van der Waals surface area contributed by atoms with Gasteiger partial charge in [0.25, 0.3) is 11.5 Å². The Morgan fingerprint density at radius 1 is 1.33 bits per heavy atom.